The molecule has 0 saturated heterocycles. The molecule has 0 spiro atoms. The Hall–Kier alpha value is 0.200. The van der Waals surface area contributed by atoms with Gasteiger partial charge in [0.1, 0.15) is 0 Å². The van der Waals surface area contributed by atoms with Crippen LogP contribution in [0, 0.1) is 3.57 Å². The highest BCUT2D eigenvalue weighted by atomic mass is 127. The van der Waals surface area contributed by atoms with E-state index in [1.807, 2.05) is 18.2 Å². The summed E-state index contributed by atoms with van der Waals surface area (Å²) in [6.45, 7) is 2.18. The summed E-state index contributed by atoms with van der Waals surface area (Å²) in [5.74, 6) is 0. The van der Waals surface area contributed by atoms with E-state index in [0.717, 1.165) is 11.4 Å². The quantitative estimate of drug-likeness (QED) is 0.828. The van der Waals surface area contributed by atoms with Gasteiger partial charge in [0.2, 0.25) is 0 Å². The lowest BCUT2D eigenvalue weighted by atomic mass is 10.0. The van der Waals surface area contributed by atoms with Crippen molar-refractivity contribution in [2.24, 2.45) is 5.73 Å². The van der Waals surface area contributed by atoms with Crippen LogP contribution >= 0.6 is 34.2 Å². The molecule has 0 amide bonds. The fourth-order valence-electron chi connectivity index (χ4n) is 1.38. The van der Waals surface area contributed by atoms with E-state index < -0.39 is 0 Å². The van der Waals surface area contributed by atoms with Crippen molar-refractivity contribution in [3.63, 3.8) is 0 Å². The highest BCUT2D eigenvalue weighted by Crippen LogP contribution is 2.25. The second kappa shape index (κ2) is 5.93. The van der Waals surface area contributed by atoms with Crippen molar-refractivity contribution in [1.82, 2.24) is 0 Å². The van der Waals surface area contributed by atoms with Gasteiger partial charge in [0.05, 0.1) is 0 Å². The highest BCUT2D eigenvalue weighted by Gasteiger charge is 2.09. The van der Waals surface area contributed by atoms with Gasteiger partial charge < -0.3 is 5.73 Å². The van der Waals surface area contributed by atoms with Crippen molar-refractivity contribution in [2.75, 3.05) is 0 Å². The summed E-state index contributed by atoms with van der Waals surface area (Å²) in [5.41, 5.74) is 7.26. The highest BCUT2D eigenvalue weighted by molar-refractivity contribution is 14.1. The Kier molecular flexibility index (Phi) is 5.20. The fourth-order valence-corrected chi connectivity index (χ4v) is 2.29. The lowest BCUT2D eigenvalue weighted by Gasteiger charge is -2.13. The van der Waals surface area contributed by atoms with Crippen LogP contribution in [0.5, 0.6) is 0 Å². The van der Waals surface area contributed by atoms with E-state index in [0.29, 0.717) is 0 Å². The van der Waals surface area contributed by atoms with Crippen LogP contribution in [0.4, 0.5) is 0 Å². The molecule has 1 unspecified atom stereocenters. The van der Waals surface area contributed by atoms with Crippen LogP contribution in [0.2, 0.25) is 5.02 Å². The Bertz CT molecular complexity index is 301. The Morgan fingerprint density at radius 3 is 2.86 bits per heavy atom. The Morgan fingerprint density at radius 2 is 2.21 bits per heavy atom. The second-order valence-corrected chi connectivity index (χ2v) is 5.01. The maximum absolute atomic E-state index is 6.09. The van der Waals surface area contributed by atoms with Crippen LogP contribution in [0.3, 0.4) is 0 Å². The number of hydrogen-bond acceptors (Lipinski definition) is 1. The van der Waals surface area contributed by atoms with E-state index in [2.05, 4.69) is 29.5 Å². The minimum atomic E-state index is 0.126. The van der Waals surface area contributed by atoms with E-state index in [1.54, 1.807) is 0 Å². The van der Waals surface area contributed by atoms with Gasteiger partial charge in [0.15, 0.2) is 0 Å². The van der Waals surface area contributed by atoms with Crippen molar-refractivity contribution >= 4 is 34.2 Å². The molecule has 0 heterocycles. The summed E-state index contributed by atoms with van der Waals surface area (Å²) in [6, 6.07) is 6.02. The third-order valence-electron chi connectivity index (χ3n) is 2.23. The zero-order valence-corrected chi connectivity index (χ0v) is 11.2. The minimum Gasteiger partial charge on any atom is -0.324 e. The Balaban J connectivity index is 2.77. The SMILES string of the molecule is CCCCC(N)c1cc(Cl)ccc1I. The number of halogens is 2. The average Bonchev–Trinajstić information content (AvgIpc) is 2.18. The van der Waals surface area contributed by atoms with Crippen molar-refractivity contribution < 1.29 is 0 Å². The van der Waals surface area contributed by atoms with Gasteiger partial charge in [-0.3, -0.25) is 0 Å². The van der Waals surface area contributed by atoms with Crippen LogP contribution in [0.1, 0.15) is 37.8 Å². The van der Waals surface area contributed by atoms with Crippen molar-refractivity contribution in [2.45, 2.75) is 32.2 Å². The molecule has 0 bridgehead atoms. The normalized spacial score (nSPS) is 12.9. The van der Waals surface area contributed by atoms with Gasteiger partial charge in [-0.25, -0.2) is 0 Å². The third kappa shape index (κ3) is 3.41. The topological polar surface area (TPSA) is 26.0 Å². The third-order valence-corrected chi connectivity index (χ3v) is 3.44. The molecule has 3 heteroatoms. The van der Waals surface area contributed by atoms with E-state index in [1.165, 1.54) is 22.0 Å². The van der Waals surface area contributed by atoms with Crippen LogP contribution in [-0.4, -0.2) is 0 Å². The number of nitrogens with two attached hydrogens (primary N) is 1. The predicted octanol–water partition coefficient (Wildman–Crippen LogP) is 4.13. The average molecular weight is 324 g/mol. The summed E-state index contributed by atoms with van der Waals surface area (Å²) < 4.78 is 1.20. The Labute approximate surface area is 104 Å². The summed E-state index contributed by atoms with van der Waals surface area (Å²) in [7, 11) is 0. The van der Waals surface area contributed by atoms with Gasteiger partial charge in [-0.1, -0.05) is 31.4 Å². The molecule has 2 N–H and O–H groups in total. The van der Waals surface area contributed by atoms with Gasteiger partial charge in [-0.15, -0.1) is 0 Å². The molecule has 1 nitrogen and oxygen atoms in total. The van der Waals surface area contributed by atoms with Gasteiger partial charge in [-0.05, 0) is 52.8 Å². The standard InChI is InChI=1S/C11H15ClIN/c1-2-3-4-11(14)9-7-8(12)5-6-10(9)13/h5-7,11H,2-4,14H2,1H3. The van der Waals surface area contributed by atoms with Crippen LogP contribution in [0.15, 0.2) is 18.2 Å². The molecule has 0 fully saturated rings. The first-order valence-corrected chi connectivity index (χ1v) is 6.31. The molecular weight excluding hydrogens is 308 g/mol. The van der Waals surface area contributed by atoms with E-state index in [9.17, 15) is 0 Å². The molecule has 0 aliphatic carbocycles. The van der Waals surface area contributed by atoms with E-state index in [4.69, 9.17) is 17.3 Å². The first-order chi connectivity index (χ1) is 6.65. The van der Waals surface area contributed by atoms with E-state index in [-0.39, 0.29) is 6.04 Å². The molecule has 0 radical (unpaired) electrons. The first-order valence-electron chi connectivity index (χ1n) is 4.85. The predicted molar refractivity (Wildman–Crippen MR) is 70.6 cm³/mol. The summed E-state index contributed by atoms with van der Waals surface area (Å²) >= 11 is 8.24. The van der Waals surface area contributed by atoms with Crippen molar-refractivity contribution in [3.05, 3.63) is 32.4 Å². The molecule has 0 aliphatic rings. The van der Waals surface area contributed by atoms with Gasteiger partial charge >= 0.3 is 0 Å². The summed E-state index contributed by atoms with van der Waals surface area (Å²) in [5, 5.41) is 0.771. The molecule has 1 aromatic carbocycles. The largest absolute Gasteiger partial charge is 0.324 e. The first kappa shape index (κ1) is 12.3. The molecule has 78 valence electrons. The molecule has 1 aromatic rings. The second-order valence-electron chi connectivity index (χ2n) is 3.41. The maximum atomic E-state index is 6.09. The molecule has 0 saturated carbocycles. The molecule has 14 heavy (non-hydrogen) atoms. The lowest BCUT2D eigenvalue weighted by Crippen LogP contribution is -2.11. The Morgan fingerprint density at radius 1 is 1.50 bits per heavy atom. The van der Waals surface area contributed by atoms with E-state index >= 15 is 0 Å². The molecule has 0 aromatic heterocycles. The molecule has 0 aliphatic heterocycles. The lowest BCUT2D eigenvalue weighted by molar-refractivity contribution is 0.601. The van der Waals surface area contributed by atoms with Gasteiger partial charge in [0, 0.05) is 14.6 Å². The molecular formula is C11H15ClIN. The summed E-state index contributed by atoms with van der Waals surface area (Å²) in [6.07, 6.45) is 3.39. The zero-order chi connectivity index (χ0) is 10.6. The van der Waals surface area contributed by atoms with Crippen molar-refractivity contribution in [3.8, 4) is 0 Å². The van der Waals surface area contributed by atoms with Crippen molar-refractivity contribution in [1.29, 1.82) is 0 Å². The summed E-state index contributed by atoms with van der Waals surface area (Å²) in [4.78, 5) is 0. The molecule has 1 atom stereocenters. The molecule has 1 rings (SSSR count). The number of benzene rings is 1. The van der Waals surface area contributed by atoms with Crippen LogP contribution < -0.4 is 5.73 Å². The smallest absolute Gasteiger partial charge is 0.0410 e. The van der Waals surface area contributed by atoms with Gasteiger partial charge in [0.25, 0.3) is 0 Å². The minimum absolute atomic E-state index is 0.126. The number of rotatable bonds is 4. The fraction of sp³-hybridized carbons (Fsp3) is 0.455. The monoisotopic (exact) mass is 323 g/mol. The van der Waals surface area contributed by atoms with Crippen LogP contribution in [0.25, 0.3) is 0 Å². The van der Waals surface area contributed by atoms with Gasteiger partial charge in [-0.2, -0.15) is 0 Å². The number of hydrogen-bond donors (Lipinski definition) is 1. The number of unbranched alkanes of at least 4 members (excludes halogenated alkanes) is 1. The maximum Gasteiger partial charge on any atom is 0.0410 e. The van der Waals surface area contributed by atoms with Crippen LogP contribution in [-0.2, 0) is 0 Å². The zero-order valence-electron chi connectivity index (χ0n) is 8.26.